The van der Waals surface area contributed by atoms with Gasteiger partial charge in [-0.05, 0) is 24.6 Å². The first-order valence-electron chi connectivity index (χ1n) is 5.78. The van der Waals surface area contributed by atoms with E-state index in [-0.39, 0.29) is 0 Å². The summed E-state index contributed by atoms with van der Waals surface area (Å²) >= 11 is 9.50. The Bertz CT molecular complexity index is 542. The minimum absolute atomic E-state index is 0.543. The summed E-state index contributed by atoms with van der Waals surface area (Å²) in [5.74, 6) is 0. The third kappa shape index (κ3) is 2.76. The van der Waals surface area contributed by atoms with Crippen molar-refractivity contribution < 1.29 is 5.11 Å². The van der Waals surface area contributed by atoms with Crippen molar-refractivity contribution in [1.82, 2.24) is 9.78 Å². The Morgan fingerprint density at radius 1 is 1.44 bits per heavy atom. The number of aliphatic hydroxyl groups is 1. The van der Waals surface area contributed by atoms with E-state index in [1.807, 2.05) is 22.9 Å². The predicted molar refractivity (Wildman–Crippen MR) is 75.7 cm³/mol. The molecule has 0 aliphatic heterocycles. The van der Waals surface area contributed by atoms with Crippen LogP contribution in [0.5, 0.6) is 0 Å². The van der Waals surface area contributed by atoms with Crippen LogP contribution in [0.4, 0.5) is 0 Å². The number of hydrogen-bond acceptors (Lipinski definition) is 2. The van der Waals surface area contributed by atoms with Gasteiger partial charge < -0.3 is 5.11 Å². The van der Waals surface area contributed by atoms with Crippen LogP contribution in [-0.4, -0.2) is 14.9 Å². The van der Waals surface area contributed by atoms with Crippen molar-refractivity contribution in [2.75, 3.05) is 0 Å². The van der Waals surface area contributed by atoms with Gasteiger partial charge >= 0.3 is 0 Å². The molecule has 1 unspecified atom stereocenters. The minimum Gasteiger partial charge on any atom is -0.382 e. The van der Waals surface area contributed by atoms with E-state index in [1.165, 1.54) is 0 Å². The first-order valence-corrected chi connectivity index (χ1v) is 6.95. The van der Waals surface area contributed by atoms with E-state index in [0.29, 0.717) is 10.6 Å². The van der Waals surface area contributed by atoms with Crippen molar-refractivity contribution in [3.8, 4) is 0 Å². The van der Waals surface area contributed by atoms with Crippen LogP contribution < -0.4 is 0 Å². The highest BCUT2D eigenvalue weighted by molar-refractivity contribution is 9.10. The van der Waals surface area contributed by atoms with Crippen LogP contribution >= 0.6 is 27.5 Å². The maximum Gasteiger partial charge on any atom is 0.122 e. The number of aliphatic hydroxyl groups excluding tert-OH is 1. The second kappa shape index (κ2) is 5.87. The van der Waals surface area contributed by atoms with Gasteiger partial charge in [-0.1, -0.05) is 40.5 Å². The maximum atomic E-state index is 10.4. The van der Waals surface area contributed by atoms with Crippen molar-refractivity contribution in [3.63, 3.8) is 0 Å². The summed E-state index contributed by atoms with van der Waals surface area (Å²) in [6.07, 6.45) is 1.91. The predicted octanol–water partition coefficient (Wildman–Crippen LogP) is 3.79. The molecule has 1 N–H and O–H groups in total. The topological polar surface area (TPSA) is 38.0 Å². The SMILES string of the molecule is CCCn1nccc1C(O)c1ccc(Br)cc1Cl. The molecule has 1 heterocycles. The van der Waals surface area contributed by atoms with Crippen LogP contribution in [0.25, 0.3) is 0 Å². The molecule has 1 atom stereocenters. The molecule has 0 fully saturated rings. The number of nitrogens with zero attached hydrogens (tertiary/aromatic N) is 2. The van der Waals surface area contributed by atoms with Gasteiger partial charge in [-0.15, -0.1) is 0 Å². The van der Waals surface area contributed by atoms with E-state index in [0.717, 1.165) is 23.1 Å². The fourth-order valence-electron chi connectivity index (χ4n) is 1.86. The third-order valence-electron chi connectivity index (χ3n) is 2.72. The highest BCUT2D eigenvalue weighted by Crippen LogP contribution is 2.30. The molecule has 18 heavy (non-hydrogen) atoms. The smallest absolute Gasteiger partial charge is 0.122 e. The monoisotopic (exact) mass is 328 g/mol. The Morgan fingerprint density at radius 3 is 2.89 bits per heavy atom. The molecule has 1 aromatic carbocycles. The summed E-state index contributed by atoms with van der Waals surface area (Å²) in [7, 11) is 0. The van der Waals surface area contributed by atoms with Gasteiger partial charge in [0.1, 0.15) is 6.10 Å². The lowest BCUT2D eigenvalue weighted by Crippen LogP contribution is -2.10. The van der Waals surface area contributed by atoms with Crippen molar-refractivity contribution >= 4 is 27.5 Å². The fraction of sp³-hybridized carbons (Fsp3) is 0.308. The molecule has 2 rings (SSSR count). The molecule has 96 valence electrons. The van der Waals surface area contributed by atoms with Crippen LogP contribution in [0.1, 0.15) is 30.7 Å². The highest BCUT2D eigenvalue weighted by atomic mass is 79.9. The van der Waals surface area contributed by atoms with E-state index >= 15 is 0 Å². The molecule has 0 spiro atoms. The lowest BCUT2D eigenvalue weighted by Gasteiger charge is -2.15. The van der Waals surface area contributed by atoms with Crippen molar-refractivity contribution in [2.24, 2.45) is 0 Å². The molecule has 0 aliphatic carbocycles. The Hall–Kier alpha value is -0.840. The molecular weight excluding hydrogens is 316 g/mol. The van der Waals surface area contributed by atoms with Gasteiger partial charge in [0, 0.05) is 27.8 Å². The van der Waals surface area contributed by atoms with Crippen LogP contribution in [0, 0.1) is 0 Å². The Morgan fingerprint density at radius 2 is 2.22 bits per heavy atom. The number of aromatic nitrogens is 2. The van der Waals surface area contributed by atoms with Gasteiger partial charge in [-0.25, -0.2) is 0 Å². The molecule has 5 heteroatoms. The van der Waals surface area contributed by atoms with Gasteiger partial charge in [0.2, 0.25) is 0 Å². The Kier molecular flexibility index (Phi) is 4.43. The Balaban J connectivity index is 2.35. The van der Waals surface area contributed by atoms with Crippen molar-refractivity contribution in [3.05, 3.63) is 51.2 Å². The van der Waals surface area contributed by atoms with Gasteiger partial charge in [0.05, 0.1) is 5.69 Å². The summed E-state index contributed by atoms with van der Waals surface area (Å²) in [5.41, 5.74) is 1.46. The number of aryl methyl sites for hydroxylation is 1. The summed E-state index contributed by atoms with van der Waals surface area (Å²) in [6, 6.07) is 7.28. The average Bonchev–Trinajstić information content (AvgIpc) is 2.77. The largest absolute Gasteiger partial charge is 0.382 e. The van der Waals surface area contributed by atoms with Crippen LogP contribution in [0.15, 0.2) is 34.9 Å². The molecular formula is C13H14BrClN2O. The molecule has 2 aromatic rings. The van der Waals surface area contributed by atoms with E-state index in [2.05, 4.69) is 28.0 Å². The third-order valence-corrected chi connectivity index (χ3v) is 3.54. The normalized spacial score (nSPS) is 12.7. The number of rotatable bonds is 4. The van der Waals surface area contributed by atoms with Crippen molar-refractivity contribution in [2.45, 2.75) is 26.0 Å². The lowest BCUT2D eigenvalue weighted by atomic mass is 10.1. The van der Waals surface area contributed by atoms with Gasteiger partial charge in [-0.2, -0.15) is 5.10 Å². The zero-order chi connectivity index (χ0) is 13.1. The first kappa shape index (κ1) is 13.6. The molecule has 0 amide bonds. The number of hydrogen-bond donors (Lipinski definition) is 1. The summed E-state index contributed by atoms with van der Waals surface area (Å²) in [6.45, 7) is 2.86. The standard InChI is InChI=1S/C13H14BrClN2O/c1-2-7-17-12(5-6-16-17)13(18)10-4-3-9(14)8-11(10)15/h3-6,8,13,18H,2,7H2,1H3. The molecule has 0 saturated heterocycles. The zero-order valence-corrected chi connectivity index (χ0v) is 12.3. The van der Waals surface area contributed by atoms with Crippen LogP contribution in [-0.2, 0) is 6.54 Å². The highest BCUT2D eigenvalue weighted by Gasteiger charge is 2.17. The van der Waals surface area contributed by atoms with Gasteiger partial charge in [0.15, 0.2) is 0 Å². The molecule has 3 nitrogen and oxygen atoms in total. The lowest BCUT2D eigenvalue weighted by molar-refractivity contribution is 0.207. The van der Waals surface area contributed by atoms with E-state index in [9.17, 15) is 5.11 Å². The van der Waals surface area contributed by atoms with E-state index in [4.69, 9.17) is 11.6 Å². The molecule has 0 radical (unpaired) electrons. The minimum atomic E-state index is -0.750. The van der Waals surface area contributed by atoms with Crippen LogP contribution in [0.3, 0.4) is 0 Å². The van der Waals surface area contributed by atoms with Gasteiger partial charge in [0.25, 0.3) is 0 Å². The summed E-state index contributed by atoms with van der Waals surface area (Å²) in [4.78, 5) is 0. The van der Waals surface area contributed by atoms with Crippen LogP contribution in [0.2, 0.25) is 5.02 Å². The summed E-state index contributed by atoms with van der Waals surface area (Å²) in [5, 5.41) is 15.1. The van der Waals surface area contributed by atoms with E-state index < -0.39 is 6.10 Å². The Labute approximate surface area is 120 Å². The van der Waals surface area contributed by atoms with Gasteiger partial charge in [-0.3, -0.25) is 4.68 Å². The number of halogens is 2. The zero-order valence-electron chi connectivity index (χ0n) is 9.98. The summed E-state index contributed by atoms with van der Waals surface area (Å²) < 4.78 is 2.70. The first-order chi connectivity index (χ1) is 8.63. The second-order valence-corrected chi connectivity index (χ2v) is 5.37. The quantitative estimate of drug-likeness (QED) is 0.926. The maximum absolute atomic E-state index is 10.4. The average molecular weight is 330 g/mol. The molecule has 0 bridgehead atoms. The number of benzene rings is 1. The van der Waals surface area contributed by atoms with E-state index in [1.54, 1.807) is 12.3 Å². The molecule has 0 aliphatic rings. The fourth-order valence-corrected chi connectivity index (χ4v) is 2.63. The molecule has 1 aromatic heterocycles. The molecule has 0 saturated carbocycles. The van der Waals surface area contributed by atoms with Crippen molar-refractivity contribution in [1.29, 1.82) is 0 Å². The second-order valence-electron chi connectivity index (χ2n) is 4.05.